The number of rotatable bonds is 2. The molecular formula is C21H24N2O2. The van der Waals surface area contributed by atoms with Crippen molar-refractivity contribution in [2.24, 2.45) is 5.92 Å². The Morgan fingerprint density at radius 2 is 1.88 bits per heavy atom. The van der Waals surface area contributed by atoms with Crippen molar-refractivity contribution in [1.82, 2.24) is 10.2 Å². The molecule has 0 radical (unpaired) electrons. The minimum Gasteiger partial charge on any atom is -0.496 e. The quantitative estimate of drug-likeness (QED) is 0.916. The van der Waals surface area contributed by atoms with Crippen LogP contribution in [0.5, 0.6) is 5.75 Å². The number of ether oxygens (including phenoxy) is 1. The number of nitrogens with zero attached hydrogens (tertiary/aromatic N) is 1. The summed E-state index contributed by atoms with van der Waals surface area (Å²) in [5, 5.41) is 3.12. The maximum absolute atomic E-state index is 12.6. The summed E-state index contributed by atoms with van der Waals surface area (Å²) in [7, 11) is 3.84. The lowest BCUT2D eigenvalue weighted by Crippen LogP contribution is -2.29. The van der Waals surface area contributed by atoms with Crippen LogP contribution in [0.2, 0.25) is 0 Å². The Hall–Kier alpha value is -2.33. The molecule has 4 nitrogen and oxygen atoms in total. The molecule has 2 aliphatic heterocycles. The Labute approximate surface area is 148 Å². The third-order valence-corrected chi connectivity index (χ3v) is 5.57. The van der Waals surface area contributed by atoms with Crippen molar-refractivity contribution in [2.45, 2.75) is 12.8 Å². The molecule has 2 aliphatic rings. The average Bonchev–Trinajstić information content (AvgIpc) is 2.94. The summed E-state index contributed by atoms with van der Waals surface area (Å²) in [5.41, 5.74) is 5.30. The fraction of sp³-hybridized carbons (Fsp3) is 0.381. The molecule has 1 N–H and O–H groups in total. The van der Waals surface area contributed by atoms with Crippen LogP contribution in [0.15, 0.2) is 36.4 Å². The van der Waals surface area contributed by atoms with Gasteiger partial charge in [0, 0.05) is 31.1 Å². The highest BCUT2D eigenvalue weighted by Crippen LogP contribution is 2.37. The molecule has 4 rings (SSSR count). The number of likely N-dealkylation sites (tertiary alicyclic amines) is 1. The molecule has 25 heavy (non-hydrogen) atoms. The monoisotopic (exact) mass is 336 g/mol. The summed E-state index contributed by atoms with van der Waals surface area (Å²) < 4.78 is 5.35. The Morgan fingerprint density at radius 3 is 2.64 bits per heavy atom. The van der Waals surface area contributed by atoms with Crippen LogP contribution in [-0.2, 0) is 0 Å². The Balaban J connectivity index is 1.76. The van der Waals surface area contributed by atoms with Gasteiger partial charge in [-0.05, 0) is 60.3 Å². The smallest absolute Gasteiger partial charge is 0.251 e. The topological polar surface area (TPSA) is 41.6 Å². The molecule has 130 valence electrons. The molecule has 2 atom stereocenters. The van der Waals surface area contributed by atoms with E-state index in [4.69, 9.17) is 4.74 Å². The molecule has 2 heterocycles. The maximum Gasteiger partial charge on any atom is 0.251 e. The summed E-state index contributed by atoms with van der Waals surface area (Å²) in [6.45, 7) is 4.87. The Kier molecular flexibility index (Phi) is 4.00. The number of benzene rings is 2. The molecule has 4 heteroatoms. The number of carbonyl (C=O) groups excluding carboxylic acids is 1. The average molecular weight is 336 g/mol. The first-order valence-electron chi connectivity index (χ1n) is 8.82. The van der Waals surface area contributed by atoms with Gasteiger partial charge in [0.25, 0.3) is 5.91 Å². The van der Waals surface area contributed by atoms with E-state index in [0.717, 1.165) is 47.6 Å². The number of aryl methyl sites for hydroxylation is 1. The van der Waals surface area contributed by atoms with Crippen molar-refractivity contribution in [2.75, 3.05) is 33.8 Å². The van der Waals surface area contributed by atoms with Crippen LogP contribution >= 0.6 is 0 Å². The largest absolute Gasteiger partial charge is 0.496 e. The highest BCUT2D eigenvalue weighted by molar-refractivity contribution is 5.97. The van der Waals surface area contributed by atoms with Crippen LogP contribution in [0.1, 0.15) is 27.4 Å². The van der Waals surface area contributed by atoms with E-state index in [-0.39, 0.29) is 5.91 Å². The minimum atomic E-state index is 0.0548. The molecule has 2 aromatic rings. The number of amides is 1. The zero-order valence-corrected chi connectivity index (χ0v) is 15.0. The van der Waals surface area contributed by atoms with Crippen molar-refractivity contribution in [3.8, 4) is 16.9 Å². The maximum atomic E-state index is 12.6. The molecule has 0 aliphatic carbocycles. The number of nitrogens with one attached hydrogen (secondary N) is 1. The molecule has 0 bridgehead atoms. The number of hydrogen-bond donors (Lipinski definition) is 1. The second-order valence-corrected chi connectivity index (χ2v) is 7.28. The minimum absolute atomic E-state index is 0.0548. The first kappa shape index (κ1) is 16.2. The lowest BCUT2D eigenvalue weighted by molar-refractivity contribution is 0.0951. The van der Waals surface area contributed by atoms with Gasteiger partial charge in [0.05, 0.1) is 7.11 Å². The lowest BCUT2D eigenvalue weighted by Gasteiger charge is -2.17. The molecule has 1 amide bonds. The van der Waals surface area contributed by atoms with Gasteiger partial charge in [-0.1, -0.05) is 18.2 Å². The van der Waals surface area contributed by atoms with Gasteiger partial charge in [0.1, 0.15) is 5.75 Å². The zero-order chi connectivity index (χ0) is 17.6. The number of fused-ring (bicyclic) bond motifs is 3. The molecule has 0 saturated carbocycles. The van der Waals surface area contributed by atoms with Crippen molar-refractivity contribution >= 4 is 5.91 Å². The van der Waals surface area contributed by atoms with Gasteiger partial charge in [-0.2, -0.15) is 0 Å². The molecule has 0 aromatic heterocycles. The number of likely N-dealkylation sites (N-methyl/N-ethyl adjacent to an activating group) is 1. The van der Waals surface area contributed by atoms with E-state index < -0.39 is 0 Å². The van der Waals surface area contributed by atoms with Crippen LogP contribution < -0.4 is 10.1 Å². The van der Waals surface area contributed by atoms with Crippen molar-refractivity contribution in [3.63, 3.8) is 0 Å². The van der Waals surface area contributed by atoms with E-state index in [9.17, 15) is 4.79 Å². The van der Waals surface area contributed by atoms with Crippen molar-refractivity contribution < 1.29 is 9.53 Å². The summed E-state index contributed by atoms with van der Waals surface area (Å²) in [5.74, 6) is 1.88. The van der Waals surface area contributed by atoms with Crippen LogP contribution in [0.25, 0.3) is 11.1 Å². The third-order valence-electron chi connectivity index (χ3n) is 5.57. The van der Waals surface area contributed by atoms with E-state index in [0.29, 0.717) is 11.8 Å². The van der Waals surface area contributed by atoms with E-state index >= 15 is 0 Å². The van der Waals surface area contributed by atoms with E-state index in [2.05, 4.69) is 35.5 Å². The van der Waals surface area contributed by atoms with Crippen LogP contribution in [0, 0.1) is 12.8 Å². The highest BCUT2D eigenvalue weighted by atomic mass is 16.5. The summed E-state index contributed by atoms with van der Waals surface area (Å²) in [4.78, 5) is 15.0. The molecule has 0 spiro atoms. The summed E-state index contributed by atoms with van der Waals surface area (Å²) in [6.07, 6.45) is 0. The lowest BCUT2D eigenvalue weighted by atomic mass is 9.86. The number of hydrogen-bond acceptors (Lipinski definition) is 3. The fourth-order valence-electron chi connectivity index (χ4n) is 4.28. The van der Waals surface area contributed by atoms with Gasteiger partial charge in [0.15, 0.2) is 0 Å². The predicted molar refractivity (Wildman–Crippen MR) is 99.2 cm³/mol. The highest BCUT2D eigenvalue weighted by Gasteiger charge is 2.36. The van der Waals surface area contributed by atoms with Crippen molar-refractivity contribution in [1.29, 1.82) is 0 Å². The molecule has 1 fully saturated rings. The van der Waals surface area contributed by atoms with E-state index in [1.165, 1.54) is 5.56 Å². The Bertz CT molecular complexity index is 831. The summed E-state index contributed by atoms with van der Waals surface area (Å²) in [6, 6.07) is 12.5. The van der Waals surface area contributed by atoms with Crippen molar-refractivity contribution in [3.05, 3.63) is 53.1 Å². The molecule has 1 saturated heterocycles. The molecule has 0 unspecified atom stereocenters. The standard InChI is InChI=1S/C21H24N2O2/c1-13-8-14(5-7-20(13)25-3)15-4-6-17-18(9-15)21(24)22-10-16-11-23(2)12-19(16)17/h4-9,16,19H,10-12H2,1-3H3,(H,22,24)/t16-,19-/m1/s1. The van der Waals surface area contributed by atoms with Gasteiger partial charge in [-0.25, -0.2) is 0 Å². The van der Waals surface area contributed by atoms with E-state index in [1.807, 2.05) is 25.1 Å². The first-order valence-corrected chi connectivity index (χ1v) is 8.82. The number of carbonyl (C=O) groups is 1. The molecule has 2 aromatic carbocycles. The van der Waals surface area contributed by atoms with Crippen LogP contribution in [-0.4, -0.2) is 44.6 Å². The first-order chi connectivity index (χ1) is 12.1. The van der Waals surface area contributed by atoms with Gasteiger partial charge < -0.3 is 15.0 Å². The van der Waals surface area contributed by atoms with Gasteiger partial charge in [0.2, 0.25) is 0 Å². The number of methoxy groups -OCH3 is 1. The van der Waals surface area contributed by atoms with Gasteiger partial charge in [-0.15, -0.1) is 0 Å². The normalized spacial score (nSPS) is 22.8. The van der Waals surface area contributed by atoms with Crippen LogP contribution in [0.3, 0.4) is 0 Å². The zero-order valence-electron chi connectivity index (χ0n) is 15.0. The second-order valence-electron chi connectivity index (χ2n) is 7.28. The third kappa shape index (κ3) is 2.81. The van der Waals surface area contributed by atoms with Gasteiger partial charge >= 0.3 is 0 Å². The summed E-state index contributed by atoms with van der Waals surface area (Å²) >= 11 is 0. The Morgan fingerprint density at radius 1 is 1.12 bits per heavy atom. The van der Waals surface area contributed by atoms with E-state index in [1.54, 1.807) is 7.11 Å². The predicted octanol–water partition coefficient (Wildman–Crippen LogP) is 3.06. The van der Waals surface area contributed by atoms with Gasteiger partial charge in [-0.3, -0.25) is 4.79 Å². The fourth-order valence-corrected chi connectivity index (χ4v) is 4.28. The SMILES string of the molecule is COc1ccc(-c2ccc3c(c2)C(=O)NC[C@@H]2CN(C)C[C@@H]32)cc1C. The second kappa shape index (κ2) is 6.19. The molecular weight excluding hydrogens is 312 g/mol. The van der Waals surface area contributed by atoms with Crippen LogP contribution in [0.4, 0.5) is 0 Å².